The van der Waals surface area contributed by atoms with Crippen molar-refractivity contribution in [1.29, 1.82) is 0 Å². The fourth-order valence-corrected chi connectivity index (χ4v) is 1.97. The van der Waals surface area contributed by atoms with Gasteiger partial charge in [-0.3, -0.25) is 9.48 Å². The molecule has 2 heterocycles. The van der Waals surface area contributed by atoms with Crippen molar-refractivity contribution in [1.82, 2.24) is 25.0 Å². The van der Waals surface area contributed by atoms with Crippen molar-refractivity contribution in [2.75, 3.05) is 0 Å². The van der Waals surface area contributed by atoms with Crippen molar-refractivity contribution in [3.8, 4) is 11.8 Å². The molecule has 0 aliphatic carbocycles. The molecular formula is C27H52N6O. The van der Waals surface area contributed by atoms with E-state index in [0.29, 0.717) is 0 Å². The fraction of sp³-hybridized carbons (Fsp3) is 0.667. The maximum absolute atomic E-state index is 8.58. The molecule has 0 radical (unpaired) electrons. The third-order valence-electron chi connectivity index (χ3n) is 3.55. The molecule has 7 nitrogen and oxygen atoms in total. The number of amides is 1. The van der Waals surface area contributed by atoms with Crippen LogP contribution >= 0.6 is 0 Å². The topological polar surface area (TPSA) is 99.6 Å². The minimum atomic E-state index is 0.250. The van der Waals surface area contributed by atoms with Crippen molar-refractivity contribution in [2.45, 2.75) is 120 Å². The quantitative estimate of drug-likeness (QED) is 0.270. The number of nitrogens with two attached hydrogens (primary N) is 1. The maximum atomic E-state index is 8.58. The first-order valence-corrected chi connectivity index (χ1v) is 12.8. The summed E-state index contributed by atoms with van der Waals surface area (Å²) in [5.41, 5.74) is 6.06. The van der Waals surface area contributed by atoms with E-state index in [1.807, 2.05) is 45.5 Å². The molecule has 2 N–H and O–H groups in total. The minimum absolute atomic E-state index is 0.250. The van der Waals surface area contributed by atoms with Crippen molar-refractivity contribution in [3.63, 3.8) is 0 Å². The summed E-state index contributed by atoms with van der Waals surface area (Å²) in [6, 6.07) is 0. The zero-order valence-corrected chi connectivity index (χ0v) is 23.5. The van der Waals surface area contributed by atoms with E-state index in [0.717, 1.165) is 24.2 Å². The predicted octanol–water partition coefficient (Wildman–Crippen LogP) is 6.76. The van der Waals surface area contributed by atoms with E-state index in [2.05, 4.69) is 65.5 Å². The molecule has 196 valence electrons. The number of nitrogens with zero attached hydrogens (tertiary/aromatic N) is 5. The first-order chi connectivity index (χ1) is 16.6. The highest BCUT2D eigenvalue weighted by molar-refractivity contribution is 5.42. The summed E-state index contributed by atoms with van der Waals surface area (Å²) in [5.74, 6) is 6.08. The SMILES string of the molecule is CC.CC.CCCCC.CCCCC#Cc1cncnc1.CCCCn1cc(C)nn1.NC=O. The average Bonchev–Trinajstić information content (AvgIpc) is 3.30. The molecule has 0 aliphatic heterocycles. The zero-order valence-electron chi connectivity index (χ0n) is 23.5. The van der Waals surface area contributed by atoms with Crippen LogP contribution in [0.2, 0.25) is 0 Å². The minimum Gasteiger partial charge on any atom is -0.372 e. The molecule has 0 aliphatic rings. The van der Waals surface area contributed by atoms with E-state index < -0.39 is 0 Å². The van der Waals surface area contributed by atoms with Crippen LogP contribution in [0.3, 0.4) is 0 Å². The van der Waals surface area contributed by atoms with Gasteiger partial charge in [-0.25, -0.2) is 9.97 Å². The summed E-state index contributed by atoms with van der Waals surface area (Å²) in [6.45, 7) is 19.7. The van der Waals surface area contributed by atoms with Crippen molar-refractivity contribution < 1.29 is 4.79 Å². The van der Waals surface area contributed by atoms with Crippen LogP contribution in [0.1, 0.15) is 118 Å². The molecule has 0 atom stereocenters. The van der Waals surface area contributed by atoms with Crippen LogP contribution in [-0.4, -0.2) is 31.4 Å². The van der Waals surface area contributed by atoms with Crippen LogP contribution < -0.4 is 5.73 Å². The lowest BCUT2D eigenvalue weighted by molar-refractivity contribution is -0.106. The smallest absolute Gasteiger partial charge is 0.204 e. The normalized spacial score (nSPS) is 8.03. The maximum Gasteiger partial charge on any atom is 0.204 e. The van der Waals surface area contributed by atoms with Crippen molar-refractivity contribution in [3.05, 3.63) is 36.2 Å². The first-order valence-electron chi connectivity index (χ1n) is 12.8. The number of carbonyl (C=O) groups excluding carboxylic acids is 1. The highest BCUT2D eigenvalue weighted by Crippen LogP contribution is 1.94. The highest BCUT2D eigenvalue weighted by Gasteiger charge is 1.92. The third-order valence-corrected chi connectivity index (χ3v) is 3.55. The number of primary amides is 1. The van der Waals surface area contributed by atoms with Gasteiger partial charge in [-0.1, -0.05) is 105 Å². The summed E-state index contributed by atoms with van der Waals surface area (Å²) in [7, 11) is 0. The van der Waals surface area contributed by atoms with E-state index >= 15 is 0 Å². The van der Waals surface area contributed by atoms with Crippen molar-refractivity contribution >= 4 is 6.41 Å². The average molecular weight is 477 g/mol. The Kier molecular flexibility index (Phi) is 42.5. The Morgan fingerprint density at radius 3 is 1.79 bits per heavy atom. The molecule has 0 fully saturated rings. The lowest BCUT2D eigenvalue weighted by atomic mass is 10.2. The van der Waals surface area contributed by atoms with E-state index in [-0.39, 0.29) is 6.41 Å². The van der Waals surface area contributed by atoms with E-state index in [1.54, 1.807) is 12.4 Å². The molecule has 34 heavy (non-hydrogen) atoms. The van der Waals surface area contributed by atoms with Gasteiger partial charge in [-0.2, -0.15) is 0 Å². The van der Waals surface area contributed by atoms with Gasteiger partial charge in [-0.05, 0) is 19.8 Å². The predicted molar refractivity (Wildman–Crippen MR) is 146 cm³/mol. The fourth-order valence-electron chi connectivity index (χ4n) is 1.97. The van der Waals surface area contributed by atoms with Crippen LogP contribution in [-0.2, 0) is 11.3 Å². The second-order valence-electron chi connectivity index (χ2n) is 6.50. The molecular weight excluding hydrogens is 424 g/mol. The van der Waals surface area contributed by atoms with Gasteiger partial charge >= 0.3 is 0 Å². The number of hydrogen-bond donors (Lipinski definition) is 1. The first kappa shape index (κ1) is 38.5. The van der Waals surface area contributed by atoms with Gasteiger partial charge in [0.05, 0.1) is 11.3 Å². The van der Waals surface area contributed by atoms with Crippen LogP contribution in [0.15, 0.2) is 24.9 Å². The molecule has 0 spiro atoms. The van der Waals surface area contributed by atoms with Gasteiger partial charge in [-0.15, -0.1) is 5.10 Å². The van der Waals surface area contributed by atoms with Crippen LogP contribution in [0.4, 0.5) is 0 Å². The number of unbranched alkanes of at least 4 members (excludes halogenated alkanes) is 5. The standard InChI is InChI=1S/C10H12N2.C7H13N3.C5H12.2C2H6.CH3NO/c1-2-3-4-5-6-10-7-11-9-12-8-10;1-3-4-5-10-6-7(2)8-9-10;1-3-5-4-2;2*1-2;2-1-3/h7-9H,2-4H2,1H3;6H,3-5H2,1-2H3;3-5H2,1-2H3;2*1-2H3;1H,(H2,2,3). The lowest BCUT2D eigenvalue weighted by Gasteiger charge is -1.94. The number of rotatable bonds is 7. The number of aryl methyl sites for hydroxylation is 2. The van der Waals surface area contributed by atoms with E-state index in [1.165, 1.54) is 51.3 Å². The summed E-state index contributed by atoms with van der Waals surface area (Å²) in [5, 5.41) is 7.80. The number of aromatic nitrogens is 5. The van der Waals surface area contributed by atoms with Gasteiger partial charge in [0.15, 0.2) is 0 Å². The van der Waals surface area contributed by atoms with Crippen LogP contribution in [0.25, 0.3) is 0 Å². The van der Waals surface area contributed by atoms with Gasteiger partial charge in [0.25, 0.3) is 0 Å². The Morgan fingerprint density at radius 2 is 1.41 bits per heavy atom. The van der Waals surface area contributed by atoms with Gasteiger partial charge in [0, 0.05) is 31.6 Å². The lowest BCUT2D eigenvalue weighted by Crippen LogP contribution is -1.97. The van der Waals surface area contributed by atoms with Gasteiger partial charge < -0.3 is 5.73 Å². The molecule has 1 amide bonds. The molecule has 0 saturated carbocycles. The number of carbonyl (C=O) groups is 1. The molecule has 0 bridgehead atoms. The van der Waals surface area contributed by atoms with Crippen LogP contribution in [0.5, 0.6) is 0 Å². The van der Waals surface area contributed by atoms with E-state index in [4.69, 9.17) is 4.79 Å². The Bertz CT molecular complexity index is 661. The Labute approximate surface area is 210 Å². The second-order valence-corrected chi connectivity index (χ2v) is 6.50. The summed E-state index contributed by atoms with van der Waals surface area (Å²) in [6.07, 6.45) is 17.0. The Hall–Kier alpha value is -2.75. The Balaban J connectivity index is -0.000000184. The molecule has 2 aromatic rings. The van der Waals surface area contributed by atoms with Gasteiger partial charge in [0.2, 0.25) is 6.41 Å². The van der Waals surface area contributed by atoms with Crippen molar-refractivity contribution in [2.24, 2.45) is 5.73 Å². The summed E-state index contributed by atoms with van der Waals surface area (Å²) < 4.78 is 1.89. The zero-order chi connectivity index (χ0) is 26.9. The van der Waals surface area contributed by atoms with E-state index in [9.17, 15) is 0 Å². The molecule has 0 unspecified atom stereocenters. The number of hydrogen-bond acceptors (Lipinski definition) is 5. The Morgan fingerprint density at radius 1 is 0.912 bits per heavy atom. The monoisotopic (exact) mass is 476 g/mol. The molecule has 2 rings (SSSR count). The summed E-state index contributed by atoms with van der Waals surface area (Å²) >= 11 is 0. The summed E-state index contributed by atoms with van der Waals surface area (Å²) in [4.78, 5) is 16.3. The second kappa shape index (κ2) is 37.6. The largest absolute Gasteiger partial charge is 0.372 e. The molecule has 0 aromatic carbocycles. The molecule has 2 aromatic heterocycles. The van der Waals surface area contributed by atoms with Gasteiger partial charge in [0.1, 0.15) is 6.33 Å². The highest BCUT2D eigenvalue weighted by atomic mass is 16.1. The van der Waals surface area contributed by atoms with Crippen LogP contribution in [0, 0.1) is 18.8 Å². The third kappa shape index (κ3) is 33.9. The molecule has 7 heteroatoms. The molecule has 0 saturated heterocycles.